The van der Waals surface area contributed by atoms with E-state index in [2.05, 4.69) is 11.6 Å². The van der Waals surface area contributed by atoms with Crippen LogP contribution in [0.2, 0.25) is 0 Å². The van der Waals surface area contributed by atoms with E-state index < -0.39 is 0 Å². The second-order valence-corrected chi connectivity index (χ2v) is 3.07. The molecule has 0 fully saturated rings. The first-order valence-electron chi connectivity index (χ1n) is 3.29. The minimum Gasteiger partial charge on any atom is -0.375 e. The molecular weight excluding hydrogens is 156 g/mol. The molecule has 0 aromatic carbocycles. The molecule has 1 aromatic heterocycles. The van der Waals surface area contributed by atoms with Crippen LogP contribution in [0.4, 0.5) is 5.13 Å². The van der Waals surface area contributed by atoms with E-state index in [9.17, 15) is 0 Å². The molecule has 1 rings (SSSR count). The number of nitrogens with zero attached hydrogens (tertiary/aromatic N) is 1. The van der Waals surface area contributed by atoms with Crippen LogP contribution in [0.3, 0.4) is 0 Å². The Morgan fingerprint density at radius 3 is 2.91 bits per heavy atom. The van der Waals surface area contributed by atoms with Gasteiger partial charge in [-0.1, -0.05) is 24.0 Å². The van der Waals surface area contributed by atoms with E-state index in [4.69, 9.17) is 5.73 Å². The average molecular weight is 166 g/mol. The van der Waals surface area contributed by atoms with Crippen molar-refractivity contribution in [3.63, 3.8) is 0 Å². The zero-order chi connectivity index (χ0) is 8.27. The number of thiazole rings is 1. The Balaban J connectivity index is 3.11. The molecule has 0 aliphatic heterocycles. The predicted molar refractivity (Wildman–Crippen MR) is 51.3 cm³/mol. The molecule has 0 atom stereocenters. The molecule has 1 aromatic rings. The topological polar surface area (TPSA) is 38.9 Å². The molecule has 0 amide bonds. The van der Waals surface area contributed by atoms with Gasteiger partial charge in [0.05, 0.1) is 10.6 Å². The summed E-state index contributed by atoms with van der Waals surface area (Å²) in [4.78, 5) is 5.14. The highest BCUT2D eigenvalue weighted by molar-refractivity contribution is 7.16. The lowest BCUT2D eigenvalue weighted by Crippen LogP contribution is -1.80. The molecule has 0 bridgehead atoms. The van der Waals surface area contributed by atoms with Gasteiger partial charge in [-0.2, -0.15) is 0 Å². The van der Waals surface area contributed by atoms with Crippen molar-refractivity contribution in [1.29, 1.82) is 0 Å². The third kappa shape index (κ3) is 1.68. The Morgan fingerprint density at radius 2 is 2.36 bits per heavy atom. The molecule has 0 aliphatic carbocycles. The Morgan fingerprint density at radius 1 is 1.64 bits per heavy atom. The molecule has 0 saturated heterocycles. The smallest absolute Gasteiger partial charge is 0.181 e. The fourth-order valence-corrected chi connectivity index (χ4v) is 1.59. The van der Waals surface area contributed by atoms with Crippen molar-refractivity contribution in [2.24, 2.45) is 0 Å². The van der Waals surface area contributed by atoms with Gasteiger partial charge in [-0.05, 0) is 19.1 Å². The van der Waals surface area contributed by atoms with Crippen molar-refractivity contribution < 1.29 is 0 Å². The molecule has 58 valence electrons. The van der Waals surface area contributed by atoms with Crippen LogP contribution in [0.5, 0.6) is 0 Å². The van der Waals surface area contributed by atoms with Gasteiger partial charge in [0.1, 0.15) is 0 Å². The molecule has 0 spiro atoms. The summed E-state index contributed by atoms with van der Waals surface area (Å²) < 4.78 is 0. The number of hydrogen-bond donors (Lipinski definition) is 1. The Bertz CT molecular complexity index is 286. The number of hydrogen-bond acceptors (Lipinski definition) is 3. The SMILES string of the molecule is C=Cc1nc(N)sc1/C=C\C. The van der Waals surface area contributed by atoms with E-state index in [1.807, 2.05) is 19.1 Å². The molecule has 0 aliphatic rings. The van der Waals surface area contributed by atoms with Crippen LogP contribution in [-0.4, -0.2) is 4.98 Å². The maximum Gasteiger partial charge on any atom is 0.181 e. The second kappa shape index (κ2) is 3.34. The number of rotatable bonds is 2. The standard InChI is InChI=1S/C8H10N2S/c1-3-5-7-6(4-2)10-8(9)11-7/h3-5H,2H2,1H3,(H2,9,10)/b5-3-. The number of allylic oxidation sites excluding steroid dienone is 1. The molecule has 0 unspecified atom stereocenters. The largest absolute Gasteiger partial charge is 0.375 e. The monoisotopic (exact) mass is 166 g/mol. The zero-order valence-corrected chi connectivity index (χ0v) is 7.19. The van der Waals surface area contributed by atoms with E-state index in [0.29, 0.717) is 5.13 Å². The summed E-state index contributed by atoms with van der Waals surface area (Å²) >= 11 is 1.47. The molecule has 0 saturated carbocycles. The minimum atomic E-state index is 0.591. The highest BCUT2D eigenvalue weighted by atomic mass is 32.1. The molecule has 2 nitrogen and oxygen atoms in total. The van der Waals surface area contributed by atoms with E-state index in [-0.39, 0.29) is 0 Å². The van der Waals surface area contributed by atoms with Gasteiger partial charge in [0.2, 0.25) is 0 Å². The third-order valence-corrected chi connectivity index (χ3v) is 2.07. The fraction of sp³-hybridized carbons (Fsp3) is 0.125. The van der Waals surface area contributed by atoms with Gasteiger partial charge in [0.25, 0.3) is 0 Å². The van der Waals surface area contributed by atoms with Gasteiger partial charge in [-0.25, -0.2) is 4.98 Å². The Kier molecular flexibility index (Phi) is 2.44. The maximum atomic E-state index is 5.51. The number of aromatic nitrogens is 1. The van der Waals surface area contributed by atoms with Gasteiger partial charge in [-0.3, -0.25) is 0 Å². The van der Waals surface area contributed by atoms with Crippen LogP contribution in [0.1, 0.15) is 17.5 Å². The van der Waals surface area contributed by atoms with Crippen LogP contribution in [-0.2, 0) is 0 Å². The van der Waals surface area contributed by atoms with Crippen LogP contribution >= 0.6 is 11.3 Å². The average Bonchev–Trinajstić information content (AvgIpc) is 2.32. The summed E-state index contributed by atoms with van der Waals surface area (Å²) in [6.07, 6.45) is 5.65. The highest BCUT2D eigenvalue weighted by Gasteiger charge is 2.01. The predicted octanol–water partition coefficient (Wildman–Crippen LogP) is 2.40. The summed E-state index contributed by atoms with van der Waals surface area (Å²) in [6, 6.07) is 0. The number of anilines is 1. The van der Waals surface area contributed by atoms with E-state index >= 15 is 0 Å². The zero-order valence-electron chi connectivity index (χ0n) is 6.37. The lowest BCUT2D eigenvalue weighted by molar-refractivity contribution is 1.38. The number of nitrogen functional groups attached to an aromatic ring is 1. The first-order chi connectivity index (χ1) is 5.27. The van der Waals surface area contributed by atoms with E-state index in [1.165, 1.54) is 11.3 Å². The van der Waals surface area contributed by atoms with Gasteiger partial charge < -0.3 is 5.73 Å². The second-order valence-electron chi connectivity index (χ2n) is 2.01. The summed E-state index contributed by atoms with van der Waals surface area (Å²) in [5, 5.41) is 0.591. The summed E-state index contributed by atoms with van der Waals surface area (Å²) in [7, 11) is 0. The van der Waals surface area contributed by atoms with Crippen molar-refractivity contribution in [3.05, 3.63) is 23.2 Å². The Labute approximate surface area is 70.1 Å². The van der Waals surface area contributed by atoms with Crippen molar-refractivity contribution in [1.82, 2.24) is 4.98 Å². The summed E-state index contributed by atoms with van der Waals surface area (Å²) in [6.45, 7) is 5.60. The van der Waals surface area contributed by atoms with Crippen molar-refractivity contribution in [2.75, 3.05) is 5.73 Å². The van der Waals surface area contributed by atoms with Gasteiger partial charge >= 0.3 is 0 Å². The quantitative estimate of drug-likeness (QED) is 0.732. The van der Waals surface area contributed by atoms with Crippen LogP contribution < -0.4 is 5.73 Å². The van der Waals surface area contributed by atoms with E-state index in [0.717, 1.165) is 10.6 Å². The van der Waals surface area contributed by atoms with Crippen LogP contribution in [0.15, 0.2) is 12.7 Å². The third-order valence-electron chi connectivity index (χ3n) is 1.21. The normalized spacial score (nSPS) is 10.6. The van der Waals surface area contributed by atoms with E-state index in [1.54, 1.807) is 6.08 Å². The number of nitrogens with two attached hydrogens (primary N) is 1. The lowest BCUT2D eigenvalue weighted by atomic mass is 10.3. The van der Waals surface area contributed by atoms with Gasteiger partial charge in [0.15, 0.2) is 5.13 Å². The summed E-state index contributed by atoms with van der Waals surface area (Å²) in [5.74, 6) is 0. The first-order valence-corrected chi connectivity index (χ1v) is 4.11. The maximum absolute atomic E-state index is 5.51. The Hall–Kier alpha value is -1.09. The van der Waals surface area contributed by atoms with Crippen LogP contribution in [0, 0.1) is 0 Å². The highest BCUT2D eigenvalue weighted by Crippen LogP contribution is 2.22. The van der Waals surface area contributed by atoms with Crippen molar-refractivity contribution in [2.45, 2.75) is 6.92 Å². The van der Waals surface area contributed by atoms with Crippen molar-refractivity contribution in [3.8, 4) is 0 Å². The summed E-state index contributed by atoms with van der Waals surface area (Å²) in [5.41, 5.74) is 6.38. The fourth-order valence-electron chi connectivity index (χ4n) is 0.779. The molecular formula is C8H10N2S. The molecule has 2 N–H and O–H groups in total. The first kappa shape index (κ1) is 8.01. The van der Waals surface area contributed by atoms with Crippen LogP contribution in [0.25, 0.3) is 12.2 Å². The molecule has 11 heavy (non-hydrogen) atoms. The molecule has 1 heterocycles. The van der Waals surface area contributed by atoms with Crippen molar-refractivity contribution >= 4 is 28.6 Å². The molecule has 3 heteroatoms. The van der Waals surface area contributed by atoms with Gasteiger partial charge in [0, 0.05) is 0 Å². The molecule has 0 radical (unpaired) electrons. The minimum absolute atomic E-state index is 0.591. The lowest BCUT2D eigenvalue weighted by Gasteiger charge is -1.84. The van der Waals surface area contributed by atoms with Gasteiger partial charge in [-0.15, -0.1) is 0 Å².